The van der Waals surface area contributed by atoms with E-state index in [1.54, 1.807) is 18.2 Å². The predicted octanol–water partition coefficient (Wildman–Crippen LogP) is 2.67. The van der Waals surface area contributed by atoms with Crippen molar-refractivity contribution in [3.63, 3.8) is 0 Å². The van der Waals surface area contributed by atoms with Crippen LogP contribution in [0, 0.1) is 5.82 Å². The van der Waals surface area contributed by atoms with Crippen molar-refractivity contribution in [3.05, 3.63) is 41.2 Å². The lowest BCUT2D eigenvalue weighted by atomic mass is 10.0. The van der Waals surface area contributed by atoms with Gasteiger partial charge in [-0.2, -0.15) is 0 Å². The Bertz CT molecular complexity index is 374. The Morgan fingerprint density at radius 2 is 2.25 bits per heavy atom. The highest BCUT2D eigenvalue weighted by molar-refractivity contribution is 5.33. The van der Waals surface area contributed by atoms with Gasteiger partial charge in [-0.05, 0) is 37.9 Å². The van der Waals surface area contributed by atoms with Gasteiger partial charge in [0.1, 0.15) is 0 Å². The lowest BCUT2D eigenvalue weighted by molar-refractivity contribution is 0.384. The van der Waals surface area contributed by atoms with Crippen molar-refractivity contribution in [2.24, 2.45) is 5.73 Å². The number of rotatable bonds is 5. The van der Waals surface area contributed by atoms with Crippen LogP contribution in [0.25, 0.3) is 0 Å². The minimum absolute atomic E-state index is 0.273. The molecule has 0 radical (unpaired) electrons. The van der Waals surface area contributed by atoms with Crippen molar-refractivity contribution in [3.8, 4) is 5.75 Å². The summed E-state index contributed by atoms with van der Waals surface area (Å²) in [5, 5.41) is 0. The van der Waals surface area contributed by atoms with Crippen LogP contribution < -0.4 is 10.5 Å². The molecule has 0 aromatic heterocycles. The summed E-state index contributed by atoms with van der Waals surface area (Å²) in [5.74, 6) is 0.0228. The number of halogens is 1. The second kappa shape index (κ2) is 6.28. The number of allylic oxidation sites excluding steroid dienone is 1. The van der Waals surface area contributed by atoms with Crippen molar-refractivity contribution >= 4 is 0 Å². The van der Waals surface area contributed by atoms with Crippen LogP contribution in [-0.2, 0) is 6.42 Å². The lowest BCUT2D eigenvalue weighted by Crippen LogP contribution is -1.98. The standard InChI is InChI=1S/C13H18FNO/c1-10(5-4-8-15)9-11-6-3-7-12(16-2)13(11)14/h3,5-7H,4,8-9,15H2,1-2H3/b10-5+. The summed E-state index contributed by atoms with van der Waals surface area (Å²) in [6.45, 7) is 2.60. The van der Waals surface area contributed by atoms with E-state index in [9.17, 15) is 4.39 Å². The van der Waals surface area contributed by atoms with Crippen LogP contribution >= 0.6 is 0 Å². The molecule has 0 bridgehead atoms. The Hall–Kier alpha value is -1.35. The van der Waals surface area contributed by atoms with Crippen LogP contribution in [0.3, 0.4) is 0 Å². The SMILES string of the molecule is COc1cccc(C/C(C)=C/CCN)c1F. The van der Waals surface area contributed by atoms with Crippen molar-refractivity contribution in [1.29, 1.82) is 0 Å². The molecule has 0 aliphatic rings. The van der Waals surface area contributed by atoms with Gasteiger partial charge in [0, 0.05) is 0 Å². The predicted molar refractivity (Wildman–Crippen MR) is 64.1 cm³/mol. The molecule has 16 heavy (non-hydrogen) atoms. The Kier molecular flexibility index (Phi) is 4.99. The fourth-order valence-electron chi connectivity index (χ4n) is 1.55. The molecule has 0 aliphatic carbocycles. The topological polar surface area (TPSA) is 35.2 Å². The van der Waals surface area contributed by atoms with Gasteiger partial charge < -0.3 is 10.5 Å². The number of benzene rings is 1. The molecule has 0 atom stereocenters. The lowest BCUT2D eigenvalue weighted by Gasteiger charge is -2.07. The first-order chi connectivity index (χ1) is 7.69. The van der Waals surface area contributed by atoms with Crippen LogP contribution in [0.2, 0.25) is 0 Å². The van der Waals surface area contributed by atoms with Crippen molar-refractivity contribution in [1.82, 2.24) is 0 Å². The molecule has 0 amide bonds. The number of hydrogen-bond acceptors (Lipinski definition) is 2. The monoisotopic (exact) mass is 223 g/mol. The van der Waals surface area contributed by atoms with E-state index in [2.05, 4.69) is 0 Å². The van der Waals surface area contributed by atoms with Gasteiger partial charge in [0.15, 0.2) is 11.6 Å². The van der Waals surface area contributed by atoms with Crippen molar-refractivity contribution in [2.45, 2.75) is 19.8 Å². The first-order valence-electron chi connectivity index (χ1n) is 5.36. The van der Waals surface area contributed by atoms with E-state index in [1.165, 1.54) is 7.11 Å². The largest absolute Gasteiger partial charge is 0.494 e. The molecular weight excluding hydrogens is 205 g/mol. The van der Waals surface area contributed by atoms with Gasteiger partial charge in [0.25, 0.3) is 0 Å². The molecule has 1 aromatic rings. The second-order valence-electron chi connectivity index (χ2n) is 3.74. The van der Waals surface area contributed by atoms with Crippen molar-refractivity contribution in [2.75, 3.05) is 13.7 Å². The first kappa shape index (κ1) is 12.7. The highest BCUT2D eigenvalue weighted by Crippen LogP contribution is 2.22. The third-order valence-electron chi connectivity index (χ3n) is 2.39. The van der Waals surface area contributed by atoms with Crippen LogP contribution in [-0.4, -0.2) is 13.7 Å². The van der Waals surface area contributed by atoms with Gasteiger partial charge in [-0.1, -0.05) is 23.8 Å². The Labute approximate surface area is 95.9 Å². The van der Waals surface area contributed by atoms with E-state index in [-0.39, 0.29) is 5.82 Å². The van der Waals surface area contributed by atoms with Crippen LogP contribution in [0.5, 0.6) is 5.75 Å². The molecule has 88 valence electrons. The fraction of sp³-hybridized carbons (Fsp3) is 0.385. The minimum Gasteiger partial charge on any atom is -0.494 e. The molecule has 0 saturated carbocycles. The molecule has 0 saturated heterocycles. The van der Waals surface area contributed by atoms with E-state index >= 15 is 0 Å². The molecule has 0 spiro atoms. The first-order valence-corrected chi connectivity index (χ1v) is 5.36. The average molecular weight is 223 g/mol. The summed E-state index contributed by atoms with van der Waals surface area (Å²) in [5.41, 5.74) is 7.19. The highest BCUT2D eigenvalue weighted by Gasteiger charge is 2.08. The number of hydrogen-bond donors (Lipinski definition) is 1. The maximum atomic E-state index is 13.8. The van der Waals surface area contributed by atoms with Gasteiger partial charge in [-0.15, -0.1) is 0 Å². The van der Waals surface area contributed by atoms with Crippen molar-refractivity contribution < 1.29 is 9.13 Å². The summed E-state index contributed by atoms with van der Waals surface area (Å²) in [6.07, 6.45) is 3.47. The van der Waals surface area contributed by atoms with Crippen LogP contribution in [0.4, 0.5) is 4.39 Å². The molecule has 3 heteroatoms. The number of ether oxygens (including phenoxy) is 1. The quantitative estimate of drug-likeness (QED) is 0.779. The molecule has 2 N–H and O–H groups in total. The summed E-state index contributed by atoms with van der Waals surface area (Å²) in [6, 6.07) is 5.20. The molecule has 1 rings (SSSR count). The molecule has 0 aliphatic heterocycles. The summed E-state index contributed by atoms with van der Waals surface area (Å²) < 4.78 is 18.7. The molecule has 0 unspecified atom stereocenters. The molecule has 0 fully saturated rings. The van der Waals surface area contributed by atoms with Gasteiger partial charge in [0.05, 0.1) is 7.11 Å². The zero-order valence-corrected chi connectivity index (χ0v) is 9.79. The van der Waals surface area contributed by atoms with Gasteiger partial charge in [0.2, 0.25) is 0 Å². The number of methoxy groups -OCH3 is 1. The second-order valence-corrected chi connectivity index (χ2v) is 3.74. The zero-order chi connectivity index (χ0) is 12.0. The Morgan fingerprint density at radius 3 is 2.88 bits per heavy atom. The minimum atomic E-state index is -0.273. The summed E-state index contributed by atoms with van der Waals surface area (Å²) in [4.78, 5) is 0. The average Bonchev–Trinajstić information content (AvgIpc) is 2.29. The highest BCUT2D eigenvalue weighted by atomic mass is 19.1. The Morgan fingerprint density at radius 1 is 1.50 bits per heavy atom. The van der Waals surface area contributed by atoms with E-state index in [0.29, 0.717) is 24.3 Å². The van der Waals surface area contributed by atoms with Gasteiger partial charge in [-0.3, -0.25) is 0 Å². The maximum Gasteiger partial charge on any atom is 0.168 e. The fourth-order valence-corrected chi connectivity index (χ4v) is 1.55. The summed E-state index contributed by atoms with van der Waals surface area (Å²) >= 11 is 0. The van der Waals surface area contributed by atoms with E-state index in [4.69, 9.17) is 10.5 Å². The van der Waals surface area contributed by atoms with Gasteiger partial charge in [-0.25, -0.2) is 4.39 Å². The Balaban J connectivity index is 2.81. The normalized spacial score (nSPS) is 11.6. The molecular formula is C13H18FNO. The molecule has 1 aromatic carbocycles. The number of nitrogens with two attached hydrogens (primary N) is 1. The van der Waals surface area contributed by atoms with Crippen LogP contribution in [0.15, 0.2) is 29.8 Å². The van der Waals surface area contributed by atoms with E-state index < -0.39 is 0 Å². The van der Waals surface area contributed by atoms with Crippen LogP contribution in [0.1, 0.15) is 18.9 Å². The zero-order valence-electron chi connectivity index (χ0n) is 9.79. The smallest absolute Gasteiger partial charge is 0.168 e. The third-order valence-corrected chi connectivity index (χ3v) is 2.39. The maximum absolute atomic E-state index is 13.8. The van der Waals surface area contributed by atoms with E-state index in [1.807, 2.05) is 13.0 Å². The van der Waals surface area contributed by atoms with Gasteiger partial charge >= 0.3 is 0 Å². The summed E-state index contributed by atoms with van der Waals surface area (Å²) in [7, 11) is 1.47. The molecule has 0 heterocycles. The van der Waals surface area contributed by atoms with E-state index in [0.717, 1.165) is 12.0 Å². The third kappa shape index (κ3) is 3.35. The molecule has 2 nitrogen and oxygen atoms in total.